The van der Waals surface area contributed by atoms with Gasteiger partial charge in [0.05, 0.1) is 42.4 Å². The number of furan rings is 1. The summed E-state index contributed by atoms with van der Waals surface area (Å²) in [6.07, 6.45) is 0.352. The van der Waals surface area contributed by atoms with Crippen LogP contribution in [0.3, 0.4) is 0 Å². The summed E-state index contributed by atoms with van der Waals surface area (Å²) < 4.78 is 22.0. The van der Waals surface area contributed by atoms with E-state index in [4.69, 9.17) is 41.8 Å². The Balaban J connectivity index is 1.53. The number of rotatable bonds is 7. The molecule has 2 aromatic carbocycles. The van der Waals surface area contributed by atoms with Gasteiger partial charge in [-0.2, -0.15) is 0 Å². The van der Waals surface area contributed by atoms with Gasteiger partial charge >= 0.3 is 0 Å². The van der Waals surface area contributed by atoms with Gasteiger partial charge in [0.15, 0.2) is 5.76 Å². The van der Waals surface area contributed by atoms with Crippen molar-refractivity contribution in [1.82, 2.24) is 9.97 Å². The number of aromatic nitrogens is 2. The summed E-state index contributed by atoms with van der Waals surface area (Å²) in [6.45, 7) is 0. The molecule has 166 valence electrons. The number of hydrogen-bond donors (Lipinski definition) is 2. The topological polar surface area (TPSA) is 98.6 Å². The minimum atomic E-state index is -0.457. The fourth-order valence-electron chi connectivity index (χ4n) is 3.25. The van der Waals surface area contributed by atoms with Gasteiger partial charge in [0, 0.05) is 24.1 Å². The van der Waals surface area contributed by atoms with E-state index in [-0.39, 0.29) is 11.7 Å². The Morgan fingerprint density at radius 1 is 1.03 bits per heavy atom. The van der Waals surface area contributed by atoms with Gasteiger partial charge in [0.25, 0.3) is 5.91 Å². The number of amides is 1. The second-order valence-corrected chi connectivity index (χ2v) is 7.59. The van der Waals surface area contributed by atoms with Gasteiger partial charge in [-0.3, -0.25) is 10.1 Å². The molecule has 0 fully saturated rings. The Morgan fingerprint density at radius 2 is 1.72 bits per heavy atom. The highest BCUT2D eigenvalue weighted by molar-refractivity contribution is 6.42. The Kier molecular flexibility index (Phi) is 6.16. The SMILES string of the molecule is COc1cc(OC)c(Cc2ccc(C(=O)Nc3nc4cc(Cl)c(Cl)cc4[nH]3)o2)c(OC)c1. The Morgan fingerprint density at radius 3 is 2.38 bits per heavy atom. The molecule has 8 nitrogen and oxygen atoms in total. The highest BCUT2D eigenvalue weighted by Gasteiger charge is 2.18. The van der Waals surface area contributed by atoms with Crippen LogP contribution >= 0.6 is 23.2 Å². The van der Waals surface area contributed by atoms with Crippen molar-refractivity contribution in [3.63, 3.8) is 0 Å². The van der Waals surface area contributed by atoms with Gasteiger partial charge in [-0.1, -0.05) is 23.2 Å². The molecule has 32 heavy (non-hydrogen) atoms. The zero-order chi connectivity index (χ0) is 22.8. The number of carbonyl (C=O) groups is 1. The van der Waals surface area contributed by atoms with E-state index in [0.717, 1.165) is 5.56 Å². The van der Waals surface area contributed by atoms with E-state index in [9.17, 15) is 4.79 Å². The molecular weight excluding hydrogens is 457 g/mol. The number of nitrogens with zero attached hydrogens (tertiary/aromatic N) is 1. The lowest BCUT2D eigenvalue weighted by molar-refractivity contribution is 0.0994. The fraction of sp³-hybridized carbons (Fsp3) is 0.182. The van der Waals surface area contributed by atoms with E-state index in [2.05, 4.69) is 15.3 Å². The Labute approximate surface area is 193 Å². The van der Waals surface area contributed by atoms with Crippen LogP contribution in [-0.2, 0) is 6.42 Å². The summed E-state index contributed by atoms with van der Waals surface area (Å²) in [6, 6.07) is 10.1. The van der Waals surface area contributed by atoms with Crippen molar-refractivity contribution >= 4 is 46.1 Å². The van der Waals surface area contributed by atoms with Crippen LogP contribution in [0.5, 0.6) is 17.2 Å². The number of anilines is 1. The van der Waals surface area contributed by atoms with Crippen molar-refractivity contribution in [2.75, 3.05) is 26.6 Å². The summed E-state index contributed by atoms with van der Waals surface area (Å²) >= 11 is 12.0. The summed E-state index contributed by atoms with van der Waals surface area (Å²) in [5.74, 6) is 2.26. The molecule has 4 aromatic rings. The molecule has 0 bridgehead atoms. The third-order valence-corrected chi connectivity index (χ3v) is 5.53. The zero-order valence-electron chi connectivity index (χ0n) is 17.4. The molecule has 0 saturated heterocycles. The first-order chi connectivity index (χ1) is 15.4. The minimum absolute atomic E-state index is 0.128. The van der Waals surface area contributed by atoms with E-state index in [1.165, 1.54) is 0 Å². The summed E-state index contributed by atoms with van der Waals surface area (Å²) in [4.78, 5) is 19.9. The largest absolute Gasteiger partial charge is 0.496 e. The lowest BCUT2D eigenvalue weighted by atomic mass is 10.1. The second-order valence-electron chi connectivity index (χ2n) is 6.78. The monoisotopic (exact) mass is 475 g/mol. The van der Waals surface area contributed by atoms with Crippen LogP contribution in [0.25, 0.3) is 11.0 Å². The molecule has 0 spiro atoms. The zero-order valence-corrected chi connectivity index (χ0v) is 18.9. The molecule has 0 aliphatic heterocycles. The van der Waals surface area contributed by atoms with E-state index in [1.807, 2.05) is 0 Å². The molecule has 2 aromatic heterocycles. The highest BCUT2D eigenvalue weighted by atomic mass is 35.5. The smallest absolute Gasteiger partial charge is 0.293 e. The molecule has 10 heteroatoms. The van der Waals surface area contributed by atoms with Crippen molar-refractivity contribution in [1.29, 1.82) is 0 Å². The quantitative estimate of drug-likeness (QED) is 0.374. The molecule has 0 aliphatic carbocycles. The average molecular weight is 476 g/mol. The van der Waals surface area contributed by atoms with Crippen molar-refractivity contribution in [3.8, 4) is 17.2 Å². The van der Waals surface area contributed by atoms with E-state index in [0.29, 0.717) is 50.5 Å². The van der Waals surface area contributed by atoms with Gasteiger partial charge in [0.1, 0.15) is 23.0 Å². The number of halogens is 2. The van der Waals surface area contributed by atoms with Crippen LogP contribution in [0.15, 0.2) is 40.8 Å². The van der Waals surface area contributed by atoms with Crippen LogP contribution in [0, 0.1) is 0 Å². The number of carbonyl (C=O) groups excluding carboxylic acids is 1. The molecule has 4 rings (SSSR count). The van der Waals surface area contributed by atoms with E-state index >= 15 is 0 Å². The van der Waals surface area contributed by atoms with Gasteiger partial charge in [-0.15, -0.1) is 0 Å². The maximum Gasteiger partial charge on any atom is 0.293 e. The molecule has 1 amide bonds. The molecule has 0 saturated carbocycles. The van der Waals surface area contributed by atoms with Crippen molar-refractivity contribution in [3.05, 3.63) is 63.5 Å². The first-order valence-electron chi connectivity index (χ1n) is 9.45. The first-order valence-corrected chi connectivity index (χ1v) is 10.2. The molecule has 0 radical (unpaired) electrons. The fourth-order valence-corrected chi connectivity index (χ4v) is 3.58. The maximum absolute atomic E-state index is 12.6. The number of H-pyrrole nitrogens is 1. The predicted molar refractivity (Wildman–Crippen MR) is 122 cm³/mol. The van der Waals surface area contributed by atoms with Crippen LogP contribution in [0.1, 0.15) is 21.9 Å². The predicted octanol–water partition coefficient (Wildman–Crippen LogP) is 5.33. The summed E-state index contributed by atoms with van der Waals surface area (Å²) in [7, 11) is 4.69. The third kappa shape index (κ3) is 4.32. The highest BCUT2D eigenvalue weighted by Crippen LogP contribution is 2.36. The minimum Gasteiger partial charge on any atom is -0.496 e. The number of fused-ring (bicyclic) bond motifs is 1. The number of hydrogen-bond acceptors (Lipinski definition) is 6. The van der Waals surface area contributed by atoms with Crippen LogP contribution in [0.2, 0.25) is 10.0 Å². The maximum atomic E-state index is 12.6. The molecular formula is C22H19Cl2N3O5. The number of aromatic amines is 1. The molecule has 0 aliphatic rings. The van der Waals surface area contributed by atoms with Gasteiger partial charge in [-0.25, -0.2) is 4.98 Å². The summed E-state index contributed by atoms with van der Waals surface area (Å²) in [5, 5.41) is 3.44. The first kappa shape index (κ1) is 21.9. The van der Waals surface area contributed by atoms with Crippen molar-refractivity contribution in [2.24, 2.45) is 0 Å². The number of methoxy groups -OCH3 is 3. The number of nitrogens with one attached hydrogen (secondary N) is 2. The normalized spacial score (nSPS) is 10.9. The third-order valence-electron chi connectivity index (χ3n) is 4.81. The van der Waals surface area contributed by atoms with Crippen molar-refractivity contribution < 1.29 is 23.4 Å². The Hall–Kier alpha value is -3.36. The van der Waals surface area contributed by atoms with Gasteiger partial charge in [0.2, 0.25) is 5.95 Å². The molecule has 0 atom stereocenters. The number of imidazole rings is 1. The lowest BCUT2D eigenvalue weighted by Gasteiger charge is -2.14. The Bertz CT molecular complexity index is 1230. The van der Waals surface area contributed by atoms with Gasteiger partial charge < -0.3 is 23.6 Å². The average Bonchev–Trinajstić information content (AvgIpc) is 3.40. The standard InChI is InChI=1S/C22H19Cl2N3O5/c1-29-12-7-19(30-2)13(20(8-12)31-3)6-11-4-5-18(32-11)21(28)27-22-25-16-9-14(23)15(24)10-17(16)26-22/h4-5,7-10H,6H2,1-3H3,(H2,25,26,27,28). The van der Waals surface area contributed by atoms with E-state index in [1.54, 1.807) is 57.7 Å². The lowest BCUT2D eigenvalue weighted by Crippen LogP contribution is -2.11. The number of benzene rings is 2. The molecule has 2 N–H and O–H groups in total. The van der Waals surface area contributed by atoms with Crippen LogP contribution in [-0.4, -0.2) is 37.2 Å². The second kappa shape index (κ2) is 9.02. The van der Waals surface area contributed by atoms with Crippen LogP contribution < -0.4 is 19.5 Å². The molecule has 0 unspecified atom stereocenters. The number of ether oxygens (including phenoxy) is 3. The van der Waals surface area contributed by atoms with Crippen LogP contribution in [0.4, 0.5) is 5.95 Å². The van der Waals surface area contributed by atoms with Gasteiger partial charge in [-0.05, 0) is 24.3 Å². The summed E-state index contributed by atoms with van der Waals surface area (Å²) in [5.41, 5.74) is 1.99. The van der Waals surface area contributed by atoms with E-state index < -0.39 is 5.91 Å². The van der Waals surface area contributed by atoms with Crippen molar-refractivity contribution in [2.45, 2.75) is 6.42 Å². The molecule has 2 heterocycles.